The Morgan fingerprint density at radius 2 is 1.88 bits per heavy atom. The zero-order valence-corrected chi connectivity index (χ0v) is 24.7. The van der Waals surface area contributed by atoms with E-state index in [1.807, 2.05) is 37.3 Å². The molecule has 3 fully saturated rings. The molecule has 216 valence electrons. The minimum absolute atomic E-state index is 0.0486. The number of halogens is 1. The van der Waals surface area contributed by atoms with Crippen molar-refractivity contribution in [2.45, 2.75) is 47.8 Å². The fraction of sp³-hybridized carbons (Fsp3) is 0.406. The topological polar surface area (TPSA) is 87.1 Å². The number of anilines is 1. The summed E-state index contributed by atoms with van der Waals surface area (Å²) in [6, 6.07) is 15.0. The van der Waals surface area contributed by atoms with Crippen LogP contribution in [0.15, 0.2) is 79.9 Å². The number of likely N-dealkylation sites (tertiary alicyclic amines) is 1. The van der Waals surface area contributed by atoms with Gasteiger partial charge in [-0.05, 0) is 56.0 Å². The molecular weight excluding hydrogens is 560 g/mol. The molecular formula is C32H35ClN2O5S. The highest BCUT2D eigenvalue weighted by molar-refractivity contribution is 8.02. The number of hydrogen-bond acceptors (Lipinski definition) is 6. The summed E-state index contributed by atoms with van der Waals surface area (Å²) in [6.07, 6.45) is 4.77. The maximum Gasteiger partial charge on any atom is 0.311 e. The largest absolute Gasteiger partial charge is 0.461 e. The van der Waals surface area contributed by atoms with Crippen molar-refractivity contribution in [2.24, 2.45) is 11.8 Å². The lowest BCUT2D eigenvalue weighted by Gasteiger charge is -2.39. The van der Waals surface area contributed by atoms with Crippen molar-refractivity contribution in [2.75, 3.05) is 24.7 Å². The van der Waals surface area contributed by atoms with Crippen molar-refractivity contribution in [1.29, 1.82) is 0 Å². The third-order valence-corrected chi connectivity index (χ3v) is 10.9. The number of carbonyl (C=O) groups excluding carboxylic acids is 3. The summed E-state index contributed by atoms with van der Waals surface area (Å²) >= 11 is 7.71. The predicted octanol–water partition coefficient (Wildman–Crippen LogP) is 4.67. The van der Waals surface area contributed by atoms with E-state index in [9.17, 15) is 19.5 Å². The van der Waals surface area contributed by atoms with Crippen LogP contribution in [0.5, 0.6) is 0 Å². The van der Waals surface area contributed by atoms with E-state index in [4.69, 9.17) is 16.3 Å². The Kier molecular flexibility index (Phi) is 8.37. The van der Waals surface area contributed by atoms with E-state index in [-0.39, 0.29) is 31.6 Å². The van der Waals surface area contributed by atoms with Crippen LogP contribution in [0.1, 0.15) is 25.3 Å². The predicted molar refractivity (Wildman–Crippen MR) is 162 cm³/mol. The Morgan fingerprint density at radius 1 is 1.17 bits per heavy atom. The van der Waals surface area contributed by atoms with E-state index < -0.39 is 39.4 Å². The first kappa shape index (κ1) is 29.4. The van der Waals surface area contributed by atoms with Crippen LogP contribution in [0.2, 0.25) is 5.02 Å². The van der Waals surface area contributed by atoms with Gasteiger partial charge in [0.25, 0.3) is 5.91 Å². The molecule has 2 aromatic carbocycles. The van der Waals surface area contributed by atoms with Crippen LogP contribution in [0.4, 0.5) is 5.69 Å². The van der Waals surface area contributed by atoms with Crippen LogP contribution in [0.25, 0.3) is 0 Å². The Morgan fingerprint density at radius 3 is 2.51 bits per heavy atom. The normalized spacial score (nSPS) is 28.7. The molecule has 0 aromatic heterocycles. The van der Waals surface area contributed by atoms with Gasteiger partial charge >= 0.3 is 5.97 Å². The van der Waals surface area contributed by atoms with Crippen molar-refractivity contribution < 1.29 is 24.2 Å². The van der Waals surface area contributed by atoms with E-state index >= 15 is 0 Å². The third-order valence-electron chi connectivity index (χ3n) is 8.68. The highest BCUT2D eigenvalue weighted by Crippen LogP contribution is 2.71. The Labute approximate surface area is 250 Å². The molecule has 7 nitrogen and oxygen atoms in total. The molecule has 2 bridgehead atoms. The van der Waals surface area contributed by atoms with Crippen LogP contribution in [0.3, 0.4) is 0 Å². The van der Waals surface area contributed by atoms with Crippen molar-refractivity contribution >= 4 is 46.8 Å². The van der Waals surface area contributed by atoms with E-state index in [2.05, 4.69) is 13.2 Å². The van der Waals surface area contributed by atoms with Gasteiger partial charge in [0.15, 0.2) is 0 Å². The van der Waals surface area contributed by atoms with E-state index in [0.717, 1.165) is 5.56 Å². The van der Waals surface area contributed by atoms with Gasteiger partial charge in [0.1, 0.15) is 12.6 Å². The van der Waals surface area contributed by atoms with E-state index in [1.165, 1.54) is 6.08 Å². The van der Waals surface area contributed by atoms with E-state index in [0.29, 0.717) is 30.0 Å². The molecule has 41 heavy (non-hydrogen) atoms. The lowest BCUT2D eigenvalue weighted by atomic mass is 9.66. The molecule has 0 saturated carbocycles. The fourth-order valence-electron chi connectivity index (χ4n) is 6.98. The number of esters is 1. The number of benzene rings is 2. The number of hydrogen-bond donors (Lipinski definition) is 1. The minimum Gasteiger partial charge on any atom is -0.461 e. The average molecular weight is 595 g/mol. The van der Waals surface area contributed by atoms with Crippen LogP contribution < -0.4 is 4.90 Å². The molecule has 3 aliphatic rings. The summed E-state index contributed by atoms with van der Waals surface area (Å²) in [7, 11) is 0. The summed E-state index contributed by atoms with van der Waals surface area (Å²) in [5.41, 5.74) is 1.56. The standard InChI is InChI=1S/C32H35ClN2O5S/c1-4-17-34(23-13-11-22(33)12-14-23)29(38)27-32-16-15-31(3,41-32)26(30(39)40-18-5-2)25(32)28(37)35(27)24(20-36)19-21-9-7-6-8-10-21/h4-14,24-27,36H,1-2,15-20H2,3H3/t24-,25+,26+,27?,31-,32?/m1/s1. The smallest absolute Gasteiger partial charge is 0.311 e. The number of thioether (sulfide) groups is 1. The highest BCUT2D eigenvalue weighted by Gasteiger charge is 2.78. The van der Waals surface area contributed by atoms with E-state index in [1.54, 1.807) is 51.9 Å². The van der Waals surface area contributed by atoms with Gasteiger partial charge in [0, 0.05) is 22.0 Å². The first-order chi connectivity index (χ1) is 19.7. The second kappa shape index (κ2) is 11.7. The fourth-order valence-corrected chi connectivity index (χ4v) is 9.43. The summed E-state index contributed by atoms with van der Waals surface area (Å²) in [5, 5.41) is 11.2. The van der Waals surface area contributed by atoms with Crippen molar-refractivity contribution in [3.8, 4) is 0 Å². The van der Waals surface area contributed by atoms with Crippen LogP contribution in [0, 0.1) is 11.8 Å². The van der Waals surface area contributed by atoms with Gasteiger partial charge in [-0.1, -0.05) is 60.7 Å². The molecule has 2 amide bonds. The van der Waals surface area contributed by atoms with Gasteiger partial charge < -0.3 is 19.6 Å². The van der Waals surface area contributed by atoms with Crippen LogP contribution in [-0.2, 0) is 25.5 Å². The van der Waals surface area contributed by atoms with Crippen molar-refractivity contribution in [1.82, 2.24) is 4.90 Å². The molecule has 5 rings (SSSR count). The molecule has 9 heteroatoms. The Hall–Kier alpha value is -3.07. The minimum atomic E-state index is -0.902. The molecule has 0 radical (unpaired) electrons. The van der Waals surface area contributed by atoms with Gasteiger partial charge in [-0.25, -0.2) is 0 Å². The second-order valence-electron chi connectivity index (χ2n) is 11.1. The number of fused-ring (bicyclic) bond motifs is 1. The number of amides is 2. The molecule has 1 spiro atoms. The maximum absolute atomic E-state index is 14.8. The monoisotopic (exact) mass is 594 g/mol. The van der Waals surface area contributed by atoms with Gasteiger partial charge in [0.05, 0.1) is 29.2 Å². The quantitative estimate of drug-likeness (QED) is 0.300. The van der Waals surface area contributed by atoms with Crippen molar-refractivity contribution in [3.05, 3.63) is 90.5 Å². The summed E-state index contributed by atoms with van der Waals surface area (Å²) < 4.78 is 4.11. The maximum atomic E-state index is 14.8. The first-order valence-corrected chi connectivity index (χ1v) is 15.0. The molecule has 6 atom stereocenters. The Balaban J connectivity index is 1.62. The molecule has 0 aliphatic carbocycles. The number of nitrogens with zero attached hydrogens (tertiary/aromatic N) is 2. The number of carbonyl (C=O) groups is 3. The van der Waals surface area contributed by atoms with Crippen LogP contribution >= 0.6 is 23.4 Å². The molecule has 1 N–H and O–H groups in total. The molecule has 2 aromatic rings. The molecule has 3 aliphatic heterocycles. The summed E-state index contributed by atoms with van der Waals surface area (Å²) in [4.78, 5) is 45.9. The summed E-state index contributed by atoms with van der Waals surface area (Å²) in [6.45, 7) is 9.44. The molecule has 3 heterocycles. The van der Waals surface area contributed by atoms with Gasteiger partial charge in [-0.15, -0.1) is 18.3 Å². The molecule has 3 saturated heterocycles. The lowest BCUT2D eigenvalue weighted by Crippen LogP contribution is -2.58. The summed E-state index contributed by atoms with van der Waals surface area (Å²) in [5.74, 6) is -2.47. The second-order valence-corrected chi connectivity index (χ2v) is 13.5. The number of rotatable bonds is 11. The number of aliphatic hydroxyl groups excluding tert-OH is 1. The van der Waals surface area contributed by atoms with Crippen LogP contribution in [-0.4, -0.2) is 69.1 Å². The molecule has 2 unspecified atom stereocenters. The number of aliphatic hydroxyl groups is 1. The Bertz CT molecular complexity index is 1340. The lowest BCUT2D eigenvalue weighted by molar-refractivity contribution is -0.155. The first-order valence-electron chi connectivity index (χ1n) is 13.8. The van der Waals surface area contributed by atoms with Crippen molar-refractivity contribution in [3.63, 3.8) is 0 Å². The zero-order valence-electron chi connectivity index (χ0n) is 23.1. The van der Waals surface area contributed by atoms with Gasteiger partial charge in [0.2, 0.25) is 5.91 Å². The highest BCUT2D eigenvalue weighted by atomic mass is 35.5. The SMILES string of the molecule is C=CCOC(=O)[C@@H]1[C@H]2C(=O)N([C@@H](CO)Cc3ccccc3)C(C(=O)N(CC=C)c3ccc(Cl)cc3)C23CC[C@@]1(C)S3. The van der Waals surface area contributed by atoms with Gasteiger partial charge in [-0.2, -0.15) is 0 Å². The number of ether oxygens (including phenoxy) is 1. The van der Waals surface area contributed by atoms with Gasteiger partial charge in [-0.3, -0.25) is 14.4 Å². The third kappa shape index (κ3) is 5.00. The zero-order chi connectivity index (χ0) is 29.4. The average Bonchev–Trinajstić information content (AvgIpc) is 3.54.